The van der Waals surface area contributed by atoms with Gasteiger partial charge in [-0.25, -0.2) is 0 Å². The minimum Gasteiger partial charge on any atom is -0.494 e. The maximum atomic E-state index is 12.9. The van der Waals surface area contributed by atoms with E-state index in [2.05, 4.69) is 4.90 Å². The number of nitrogens with two attached hydrogens (primary N) is 1. The highest BCUT2D eigenvalue weighted by Gasteiger charge is 2.42. The molecule has 1 saturated heterocycles. The second-order valence-electron chi connectivity index (χ2n) is 8.18. The largest absolute Gasteiger partial charge is 0.494 e. The summed E-state index contributed by atoms with van der Waals surface area (Å²) < 4.78 is 5.59. The van der Waals surface area contributed by atoms with Gasteiger partial charge in [0.05, 0.1) is 18.8 Å². The Hall–Kier alpha value is -2.16. The lowest BCUT2D eigenvalue weighted by Gasteiger charge is -2.39. The summed E-state index contributed by atoms with van der Waals surface area (Å²) in [6, 6.07) is 6.92. The fraction of sp³-hybridized carbons (Fsp3) is 0.636. The van der Waals surface area contributed by atoms with E-state index >= 15 is 0 Å². The number of aliphatic hydroxyl groups is 1. The van der Waals surface area contributed by atoms with Crippen LogP contribution in [-0.4, -0.2) is 96.2 Å². The normalized spacial score (nSPS) is 24.7. The van der Waals surface area contributed by atoms with Crippen LogP contribution in [0.5, 0.6) is 5.75 Å². The maximum absolute atomic E-state index is 12.9. The van der Waals surface area contributed by atoms with Crippen LogP contribution in [0.4, 0.5) is 0 Å². The maximum Gasteiger partial charge on any atom is 0.253 e. The van der Waals surface area contributed by atoms with Gasteiger partial charge in [-0.3, -0.25) is 14.5 Å². The van der Waals surface area contributed by atoms with Crippen molar-refractivity contribution in [1.82, 2.24) is 14.7 Å². The summed E-state index contributed by atoms with van der Waals surface area (Å²) in [5.74, 6) is 0.712. The number of carbonyl (C=O) groups excluding carboxylic acids is 2. The summed E-state index contributed by atoms with van der Waals surface area (Å²) in [6.07, 6.45) is 1.80. The van der Waals surface area contributed by atoms with Crippen molar-refractivity contribution in [2.45, 2.75) is 44.4 Å². The van der Waals surface area contributed by atoms with Crippen LogP contribution >= 0.6 is 0 Å². The van der Waals surface area contributed by atoms with Crippen LogP contribution in [0, 0.1) is 0 Å². The van der Waals surface area contributed by atoms with Crippen LogP contribution in [-0.2, 0) is 4.79 Å². The van der Waals surface area contributed by atoms with Gasteiger partial charge in [-0.2, -0.15) is 0 Å². The molecule has 0 bridgehead atoms. The average molecular weight is 419 g/mol. The number of hydrogen-bond acceptors (Lipinski definition) is 6. The van der Waals surface area contributed by atoms with Gasteiger partial charge < -0.3 is 25.4 Å². The quantitative estimate of drug-likeness (QED) is 0.627. The second-order valence-corrected chi connectivity index (χ2v) is 8.18. The van der Waals surface area contributed by atoms with Crippen molar-refractivity contribution in [3.63, 3.8) is 0 Å². The first-order valence-electron chi connectivity index (χ1n) is 10.8. The molecule has 2 amide bonds. The van der Waals surface area contributed by atoms with Gasteiger partial charge in [0.2, 0.25) is 5.91 Å². The summed E-state index contributed by atoms with van der Waals surface area (Å²) in [5, 5.41) is 11.0. The Bertz CT molecular complexity index is 718. The molecule has 1 heterocycles. The fourth-order valence-corrected chi connectivity index (χ4v) is 4.45. The number of piperazine rings is 1. The summed E-state index contributed by atoms with van der Waals surface area (Å²) in [5.41, 5.74) is 6.04. The van der Waals surface area contributed by atoms with Gasteiger partial charge in [0.1, 0.15) is 5.75 Å². The van der Waals surface area contributed by atoms with Gasteiger partial charge in [-0.1, -0.05) is 0 Å². The molecule has 1 aliphatic heterocycles. The van der Waals surface area contributed by atoms with Crippen molar-refractivity contribution in [2.75, 3.05) is 46.4 Å². The molecule has 0 radical (unpaired) electrons. The van der Waals surface area contributed by atoms with E-state index in [1.165, 1.54) is 0 Å². The zero-order valence-corrected chi connectivity index (χ0v) is 18.0. The van der Waals surface area contributed by atoms with Crippen molar-refractivity contribution in [1.29, 1.82) is 0 Å². The van der Waals surface area contributed by atoms with Crippen molar-refractivity contribution in [2.24, 2.45) is 5.73 Å². The number of benzene rings is 1. The molecule has 1 aromatic rings. The van der Waals surface area contributed by atoms with E-state index in [1.807, 2.05) is 4.90 Å². The molecule has 3 rings (SSSR count). The summed E-state index contributed by atoms with van der Waals surface area (Å²) in [7, 11) is 1.76. The Kier molecular flexibility index (Phi) is 7.69. The van der Waals surface area contributed by atoms with Gasteiger partial charge in [0.15, 0.2) is 0 Å². The van der Waals surface area contributed by atoms with E-state index < -0.39 is 6.10 Å². The van der Waals surface area contributed by atoms with E-state index in [4.69, 9.17) is 10.5 Å². The molecule has 2 aliphatic rings. The highest BCUT2D eigenvalue weighted by atomic mass is 16.5. The third-order valence-corrected chi connectivity index (χ3v) is 6.31. The molecule has 30 heavy (non-hydrogen) atoms. The number of likely N-dealkylation sites (N-methyl/N-ethyl adjacent to an activating group) is 1. The van der Waals surface area contributed by atoms with Gasteiger partial charge in [-0.05, 0) is 50.1 Å². The lowest BCUT2D eigenvalue weighted by atomic mass is 10.1. The molecule has 2 fully saturated rings. The van der Waals surface area contributed by atoms with Crippen molar-refractivity contribution >= 4 is 11.8 Å². The van der Waals surface area contributed by atoms with E-state index in [1.54, 1.807) is 43.1 Å². The third-order valence-electron chi connectivity index (χ3n) is 6.31. The minimum atomic E-state index is -0.596. The van der Waals surface area contributed by atoms with Crippen molar-refractivity contribution in [3.05, 3.63) is 29.8 Å². The first-order chi connectivity index (χ1) is 14.4. The van der Waals surface area contributed by atoms with E-state index in [-0.39, 0.29) is 23.9 Å². The van der Waals surface area contributed by atoms with E-state index in [0.29, 0.717) is 37.6 Å². The highest BCUT2D eigenvalue weighted by molar-refractivity contribution is 5.94. The molecular formula is C22H34N4O4. The van der Waals surface area contributed by atoms with Gasteiger partial charge in [-0.15, -0.1) is 0 Å². The Balaban J connectivity index is 1.55. The monoisotopic (exact) mass is 418 g/mol. The molecule has 8 heteroatoms. The molecule has 1 aliphatic carbocycles. The SMILES string of the molecule is CC(=O)N1CCN([C@@H]2CC[C@@H](N(C)C(=O)c3ccc(OCCCN)cc3)[C@H]2O)CC1. The summed E-state index contributed by atoms with van der Waals surface area (Å²) in [6.45, 7) is 5.64. The molecule has 3 N–H and O–H groups in total. The van der Waals surface area contributed by atoms with Crippen molar-refractivity contribution in [3.8, 4) is 5.75 Å². The Morgan fingerprint density at radius 2 is 1.83 bits per heavy atom. The molecule has 0 unspecified atom stereocenters. The predicted octanol–water partition coefficient (Wildman–Crippen LogP) is 0.542. The van der Waals surface area contributed by atoms with Crippen LogP contribution in [0.1, 0.15) is 36.5 Å². The number of carbonyl (C=O) groups is 2. The van der Waals surface area contributed by atoms with Crippen molar-refractivity contribution < 1.29 is 19.4 Å². The van der Waals surface area contributed by atoms with Gasteiger partial charge in [0, 0.05) is 51.8 Å². The first-order valence-corrected chi connectivity index (χ1v) is 10.8. The lowest BCUT2D eigenvalue weighted by Crippen LogP contribution is -2.55. The van der Waals surface area contributed by atoms with E-state index in [9.17, 15) is 14.7 Å². The minimum absolute atomic E-state index is 0.0256. The molecule has 0 spiro atoms. The smallest absolute Gasteiger partial charge is 0.253 e. The number of nitrogens with zero attached hydrogens (tertiary/aromatic N) is 3. The number of rotatable bonds is 7. The van der Waals surface area contributed by atoms with Crippen LogP contribution in [0.2, 0.25) is 0 Å². The fourth-order valence-electron chi connectivity index (χ4n) is 4.45. The second kappa shape index (κ2) is 10.2. The Morgan fingerprint density at radius 3 is 2.43 bits per heavy atom. The molecule has 1 saturated carbocycles. The first kappa shape index (κ1) is 22.5. The number of aliphatic hydroxyl groups excluding tert-OH is 1. The standard InChI is InChI=1S/C22H34N4O4/c1-16(27)25-11-13-26(14-12-25)20-9-8-19(21(20)28)24(2)22(29)17-4-6-18(7-5-17)30-15-3-10-23/h4-7,19-21,28H,3,8-15,23H2,1-2H3/t19-,20-,21-/m1/s1. The molecule has 3 atom stereocenters. The molecule has 0 aromatic heterocycles. The Labute approximate surface area is 178 Å². The third kappa shape index (κ3) is 5.11. The Morgan fingerprint density at radius 1 is 1.17 bits per heavy atom. The average Bonchev–Trinajstić information content (AvgIpc) is 3.14. The van der Waals surface area contributed by atoms with Gasteiger partial charge in [0.25, 0.3) is 5.91 Å². The van der Waals surface area contributed by atoms with Crippen LogP contribution in [0.15, 0.2) is 24.3 Å². The zero-order valence-electron chi connectivity index (χ0n) is 18.0. The molecule has 1 aromatic carbocycles. The molecule has 8 nitrogen and oxygen atoms in total. The number of amides is 2. The van der Waals surface area contributed by atoms with Crippen LogP contribution < -0.4 is 10.5 Å². The summed E-state index contributed by atoms with van der Waals surface area (Å²) >= 11 is 0. The van der Waals surface area contributed by atoms with Crippen LogP contribution in [0.3, 0.4) is 0 Å². The highest BCUT2D eigenvalue weighted by Crippen LogP contribution is 2.30. The molecular weight excluding hydrogens is 384 g/mol. The number of hydrogen-bond donors (Lipinski definition) is 2. The number of ether oxygens (including phenoxy) is 1. The lowest BCUT2D eigenvalue weighted by molar-refractivity contribution is -0.131. The predicted molar refractivity (Wildman–Crippen MR) is 114 cm³/mol. The summed E-state index contributed by atoms with van der Waals surface area (Å²) in [4.78, 5) is 30.2. The van der Waals surface area contributed by atoms with Gasteiger partial charge >= 0.3 is 0 Å². The zero-order chi connectivity index (χ0) is 21.7. The topological polar surface area (TPSA) is 99.3 Å². The molecule has 166 valence electrons. The van der Waals surface area contributed by atoms with Crippen LogP contribution in [0.25, 0.3) is 0 Å². The van der Waals surface area contributed by atoms with E-state index in [0.717, 1.165) is 32.4 Å².